The molecule has 1 amide bonds. The Hall–Kier alpha value is -1.75. The second kappa shape index (κ2) is 9.09. The van der Waals surface area contributed by atoms with Crippen molar-refractivity contribution in [3.05, 3.63) is 64.1 Å². The third kappa shape index (κ3) is 4.88. The number of benzene rings is 2. The molecule has 7 heteroatoms. The fourth-order valence-corrected chi connectivity index (χ4v) is 2.61. The van der Waals surface area contributed by atoms with E-state index in [2.05, 4.69) is 0 Å². The molecule has 0 aliphatic rings. The Morgan fingerprint density at radius 1 is 1.08 bits per heavy atom. The molecule has 0 aromatic heterocycles. The van der Waals surface area contributed by atoms with Gasteiger partial charge in [-0.2, -0.15) is 0 Å². The molecule has 2 aromatic rings. The fraction of sp³-hybridized carbons (Fsp3) is 0.222. The zero-order chi connectivity index (χ0) is 18.4. The first-order chi connectivity index (χ1) is 12.0. The van der Waals surface area contributed by atoms with Crippen molar-refractivity contribution in [2.75, 3.05) is 17.4 Å². The van der Waals surface area contributed by atoms with E-state index in [0.717, 1.165) is 0 Å². The molecule has 0 bridgehead atoms. The average Bonchev–Trinajstić information content (AvgIpc) is 2.63. The summed E-state index contributed by atoms with van der Waals surface area (Å²) in [6.45, 7) is 1.65. The number of amides is 1. The van der Waals surface area contributed by atoms with Gasteiger partial charge in [0.05, 0.1) is 15.9 Å². The van der Waals surface area contributed by atoms with Gasteiger partial charge in [-0.1, -0.05) is 41.4 Å². The molecule has 2 rings (SSSR count). The van der Waals surface area contributed by atoms with Gasteiger partial charge < -0.3 is 4.74 Å². The maximum atomic E-state index is 13.0. The molecule has 25 heavy (non-hydrogen) atoms. The summed E-state index contributed by atoms with van der Waals surface area (Å²) in [6, 6.07) is 12.5. The standard InChI is InChI=1S/C18H16Cl3NO3/c1-12(18(24)25-10-9-19)22(14-7-8-15(20)16(21)11-14)17(23)13-5-3-2-4-6-13/h2-8,11-12H,9-10H2,1H3. The van der Waals surface area contributed by atoms with Gasteiger partial charge in [-0.15, -0.1) is 11.6 Å². The Morgan fingerprint density at radius 2 is 1.76 bits per heavy atom. The molecular weight excluding hydrogens is 385 g/mol. The number of ether oxygens (including phenoxy) is 1. The number of anilines is 1. The number of alkyl halides is 1. The van der Waals surface area contributed by atoms with Crippen molar-refractivity contribution >= 4 is 52.4 Å². The Labute approximate surface area is 161 Å². The molecule has 0 aliphatic carbocycles. The lowest BCUT2D eigenvalue weighted by Crippen LogP contribution is -2.44. The van der Waals surface area contributed by atoms with Crippen LogP contribution < -0.4 is 4.90 Å². The molecule has 0 spiro atoms. The smallest absolute Gasteiger partial charge is 0.329 e. The molecule has 132 valence electrons. The number of nitrogens with zero attached hydrogens (tertiary/aromatic N) is 1. The summed E-state index contributed by atoms with van der Waals surface area (Å²) in [7, 11) is 0. The Kier molecular flexibility index (Phi) is 7.12. The van der Waals surface area contributed by atoms with E-state index in [1.807, 2.05) is 0 Å². The van der Waals surface area contributed by atoms with E-state index in [1.165, 1.54) is 11.0 Å². The summed E-state index contributed by atoms with van der Waals surface area (Å²) in [5.74, 6) is -0.733. The van der Waals surface area contributed by atoms with Gasteiger partial charge in [0.25, 0.3) is 5.91 Å². The highest BCUT2D eigenvalue weighted by atomic mass is 35.5. The molecule has 0 radical (unpaired) electrons. The predicted molar refractivity (Wildman–Crippen MR) is 101 cm³/mol. The largest absolute Gasteiger partial charge is 0.463 e. The van der Waals surface area contributed by atoms with E-state index in [1.54, 1.807) is 49.4 Å². The Morgan fingerprint density at radius 3 is 2.36 bits per heavy atom. The molecule has 2 aromatic carbocycles. The van der Waals surface area contributed by atoms with Crippen molar-refractivity contribution in [2.24, 2.45) is 0 Å². The second-order valence-electron chi connectivity index (χ2n) is 5.17. The monoisotopic (exact) mass is 399 g/mol. The number of rotatable bonds is 6. The van der Waals surface area contributed by atoms with Crippen LogP contribution in [0.4, 0.5) is 5.69 Å². The van der Waals surface area contributed by atoms with Crippen LogP contribution in [-0.4, -0.2) is 30.4 Å². The number of hydrogen-bond acceptors (Lipinski definition) is 3. The molecule has 0 aliphatic heterocycles. The van der Waals surface area contributed by atoms with Gasteiger partial charge >= 0.3 is 5.97 Å². The van der Waals surface area contributed by atoms with Crippen LogP contribution in [0.1, 0.15) is 17.3 Å². The average molecular weight is 401 g/mol. The van der Waals surface area contributed by atoms with Crippen LogP contribution in [0.25, 0.3) is 0 Å². The first kappa shape index (κ1) is 19.6. The van der Waals surface area contributed by atoms with Gasteiger partial charge in [-0.3, -0.25) is 9.69 Å². The van der Waals surface area contributed by atoms with Crippen LogP contribution in [0.3, 0.4) is 0 Å². The normalized spacial score (nSPS) is 11.7. The van der Waals surface area contributed by atoms with E-state index in [4.69, 9.17) is 39.5 Å². The molecular formula is C18H16Cl3NO3. The summed E-state index contributed by atoms with van der Waals surface area (Å²) in [4.78, 5) is 26.6. The van der Waals surface area contributed by atoms with Crippen molar-refractivity contribution in [1.29, 1.82) is 0 Å². The van der Waals surface area contributed by atoms with Gasteiger partial charge in [-0.05, 0) is 37.3 Å². The zero-order valence-corrected chi connectivity index (χ0v) is 15.7. The molecule has 0 heterocycles. The minimum Gasteiger partial charge on any atom is -0.463 e. The van der Waals surface area contributed by atoms with E-state index in [-0.39, 0.29) is 23.4 Å². The summed E-state index contributed by atoms with van der Waals surface area (Å²) in [6.07, 6.45) is 0. The number of halogens is 3. The van der Waals surface area contributed by atoms with E-state index >= 15 is 0 Å². The summed E-state index contributed by atoms with van der Waals surface area (Å²) in [5, 5.41) is 0.640. The Bertz CT molecular complexity index is 752. The first-order valence-corrected chi connectivity index (χ1v) is 8.81. The molecule has 0 saturated heterocycles. The second-order valence-corrected chi connectivity index (χ2v) is 6.36. The van der Waals surface area contributed by atoms with Crippen LogP contribution in [0, 0.1) is 0 Å². The van der Waals surface area contributed by atoms with Crippen molar-refractivity contribution in [3.63, 3.8) is 0 Å². The maximum Gasteiger partial charge on any atom is 0.329 e. The van der Waals surface area contributed by atoms with Gasteiger partial charge in [0.15, 0.2) is 0 Å². The topological polar surface area (TPSA) is 46.6 Å². The lowest BCUT2D eigenvalue weighted by Gasteiger charge is -2.28. The van der Waals surface area contributed by atoms with Gasteiger partial charge in [0.1, 0.15) is 12.6 Å². The van der Waals surface area contributed by atoms with E-state index in [9.17, 15) is 9.59 Å². The number of hydrogen-bond donors (Lipinski definition) is 0. The third-order valence-corrected chi connectivity index (χ3v) is 4.36. The van der Waals surface area contributed by atoms with Gasteiger partial charge in [0, 0.05) is 11.3 Å². The molecule has 0 fully saturated rings. The highest BCUT2D eigenvalue weighted by Gasteiger charge is 2.29. The summed E-state index contributed by atoms with van der Waals surface area (Å²) in [5.41, 5.74) is 0.879. The minimum absolute atomic E-state index is 0.0689. The molecule has 0 N–H and O–H groups in total. The molecule has 4 nitrogen and oxygen atoms in total. The molecule has 0 saturated carbocycles. The van der Waals surface area contributed by atoms with Crippen LogP contribution in [0.2, 0.25) is 10.0 Å². The summed E-state index contributed by atoms with van der Waals surface area (Å²) >= 11 is 17.6. The highest BCUT2D eigenvalue weighted by molar-refractivity contribution is 6.42. The van der Waals surface area contributed by atoms with Gasteiger partial charge in [0.2, 0.25) is 0 Å². The van der Waals surface area contributed by atoms with Crippen LogP contribution >= 0.6 is 34.8 Å². The van der Waals surface area contributed by atoms with Crippen molar-refractivity contribution in [2.45, 2.75) is 13.0 Å². The fourth-order valence-electron chi connectivity index (χ4n) is 2.24. The van der Waals surface area contributed by atoms with E-state index in [0.29, 0.717) is 16.3 Å². The van der Waals surface area contributed by atoms with Crippen LogP contribution in [0.15, 0.2) is 48.5 Å². The van der Waals surface area contributed by atoms with Crippen LogP contribution in [-0.2, 0) is 9.53 Å². The zero-order valence-electron chi connectivity index (χ0n) is 13.4. The Balaban J connectivity index is 2.42. The van der Waals surface area contributed by atoms with E-state index < -0.39 is 12.0 Å². The predicted octanol–water partition coefficient (Wildman–Crippen LogP) is 4.81. The minimum atomic E-state index is -0.867. The van der Waals surface area contributed by atoms with Crippen molar-refractivity contribution in [1.82, 2.24) is 0 Å². The first-order valence-electron chi connectivity index (χ1n) is 7.52. The third-order valence-electron chi connectivity index (χ3n) is 3.47. The maximum absolute atomic E-state index is 13.0. The lowest BCUT2D eigenvalue weighted by atomic mass is 10.1. The quantitative estimate of drug-likeness (QED) is 0.516. The number of carbonyl (C=O) groups is 2. The van der Waals surface area contributed by atoms with Crippen molar-refractivity contribution < 1.29 is 14.3 Å². The van der Waals surface area contributed by atoms with Crippen LogP contribution in [0.5, 0.6) is 0 Å². The molecule has 1 atom stereocenters. The number of esters is 1. The molecule has 1 unspecified atom stereocenters. The van der Waals surface area contributed by atoms with Crippen molar-refractivity contribution in [3.8, 4) is 0 Å². The van der Waals surface area contributed by atoms with Gasteiger partial charge in [-0.25, -0.2) is 4.79 Å². The number of carbonyl (C=O) groups excluding carboxylic acids is 2. The lowest BCUT2D eigenvalue weighted by molar-refractivity contribution is -0.144. The summed E-state index contributed by atoms with van der Waals surface area (Å²) < 4.78 is 5.07. The SMILES string of the molecule is CC(C(=O)OCCCl)N(C(=O)c1ccccc1)c1ccc(Cl)c(Cl)c1. The highest BCUT2D eigenvalue weighted by Crippen LogP contribution is 2.29.